The van der Waals surface area contributed by atoms with Gasteiger partial charge in [0.05, 0.1) is 31.3 Å². The minimum Gasteiger partial charge on any atom is -0.492 e. The Kier molecular flexibility index (Phi) is 4.95. The SMILES string of the molecule is COC(=O)CCOc1ccc(C(=O)O)cc1C(F)(F)F. The standard InChI is InChI=1S/C12H11F3O5/c1-19-10(16)4-5-20-9-3-2-7(11(17)18)6-8(9)12(13,14)15/h2-3,6H,4-5H2,1H3,(H,17,18). The summed E-state index contributed by atoms with van der Waals surface area (Å²) in [4.78, 5) is 21.5. The lowest BCUT2D eigenvalue weighted by atomic mass is 10.1. The Morgan fingerprint density at radius 3 is 2.45 bits per heavy atom. The van der Waals surface area contributed by atoms with Crippen LogP contribution >= 0.6 is 0 Å². The number of hydrogen-bond donors (Lipinski definition) is 1. The first-order valence-electron chi connectivity index (χ1n) is 5.40. The van der Waals surface area contributed by atoms with E-state index in [1.54, 1.807) is 0 Å². The summed E-state index contributed by atoms with van der Waals surface area (Å²) in [6.45, 7) is -0.303. The van der Waals surface area contributed by atoms with Crippen molar-refractivity contribution in [1.29, 1.82) is 0 Å². The van der Waals surface area contributed by atoms with Gasteiger partial charge in [-0.1, -0.05) is 0 Å². The predicted octanol–water partition coefficient (Wildman–Crippen LogP) is 2.35. The molecule has 0 saturated carbocycles. The van der Waals surface area contributed by atoms with Crippen LogP contribution in [0.1, 0.15) is 22.3 Å². The third kappa shape index (κ3) is 4.15. The smallest absolute Gasteiger partial charge is 0.419 e. The highest BCUT2D eigenvalue weighted by Crippen LogP contribution is 2.36. The zero-order valence-corrected chi connectivity index (χ0v) is 10.4. The third-order valence-corrected chi connectivity index (χ3v) is 2.32. The average molecular weight is 292 g/mol. The number of carboxylic acid groups (broad SMARTS) is 1. The molecule has 0 unspecified atom stereocenters. The normalized spacial score (nSPS) is 11.0. The molecule has 0 spiro atoms. The molecule has 0 atom stereocenters. The minimum absolute atomic E-state index is 0.214. The fourth-order valence-corrected chi connectivity index (χ4v) is 1.36. The number of aromatic carboxylic acids is 1. The van der Waals surface area contributed by atoms with Gasteiger partial charge in [-0.15, -0.1) is 0 Å². The second-order valence-electron chi connectivity index (χ2n) is 3.69. The lowest BCUT2D eigenvalue weighted by Crippen LogP contribution is -2.13. The third-order valence-electron chi connectivity index (χ3n) is 2.32. The van der Waals surface area contributed by atoms with Gasteiger partial charge in [0.15, 0.2) is 0 Å². The van der Waals surface area contributed by atoms with E-state index in [0.29, 0.717) is 6.07 Å². The maximum Gasteiger partial charge on any atom is 0.419 e. The summed E-state index contributed by atoms with van der Waals surface area (Å²) in [5, 5.41) is 8.68. The van der Waals surface area contributed by atoms with Gasteiger partial charge >= 0.3 is 18.1 Å². The van der Waals surface area contributed by atoms with Gasteiger partial charge in [-0.3, -0.25) is 4.79 Å². The molecule has 5 nitrogen and oxygen atoms in total. The fourth-order valence-electron chi connectivity index (χ4n) is 1.36. The van der Waals surface area contributed by atoms with Crippen molar-refractivity contribution in [2.24, 2.45) is 0 Å². The van der Waals surface area contributed by atoms with E-state index < -0.39 is 35.0 Å². The Morgan fingerprint density at radius 2 is 1.95 bits per heavy atom. The largest absolute Gasteiger partial charge is 0.492 e. The number of methoxy groups -OCH3 is 1. The van der Waals surface area contributed by atoms with E-state index >= 15 is 0 Å². The van der Waals surface area contributed by atoms with Crippen LogP contribution < -0.4 is 4.74 Å². The minimum atomic E-state index is -4.76. The number of halogens is 3. The van der Waals surface area contributed by atoms with Gasteiger partial charge in [0, 0.05) is 0 Å². The number of hydrogen-bond acceptors (Lipinski definition) is 4. The Hall–Kier alpha value is -2.25. The molecule has 110 valence electrons. The number of ether oxygens (including phenoxy) is 2. The molecular formula is C12H11F3O5. The quantitative estimate of drug-likeness (QED) is 0.843. The van der Waals surface area contributed by atoms with Crippen molar-refractivity contribution >= 4 is 11.9 Å². The van der Waals surface area contributed by atoms with E-state index in [-0.39, 0.29) is 13.0 Å². The first-order valence-corrected chi connectivity index (χ1v) is 5.40. The highest BCUT2D eigenvalue weighted by Gasteiger charge is 2.35. The molecule has 20 heavy (non-hydrogen) atoms. The van der Waals surface area contributed by atoms with E-state index in [2.05, 4.69) is 4.74 Å². The summed E-state index contributed by atoms with van der Waals surface area (Å²) in [6, 6.07) is 2.38. The molecule has 1 rings (SSSR count). The Bertz CT molecular complexity index is 510. The van der Waals surface area contributed by atoms with Crippen molar-refractivity contribution < 1.29 is 37.3 Å². The Labute approximate surface area is 111 Å². The lowest BCUT2D eigenvalue weighted by molar-refractivity contribution is -0.141. The molecule has 0 amide bonds. The molecule has 0 saturated heterocycles. The molecule has 0 aromatic heterocycles. The highest BCUT2D eigenvalue weighted by molar-refractivity contribution is 5.88. The number of alkyl halides is 3. The zero-order valence-electron chi connectivity index (χ0n) is 10.4. The summed E-state index contributed by atoms with van der Waals surface area (Å²) >= 11 is 0. The summed E-state index contributed by atoms with van der Waals surface area (Å²) in [5.74, 6) is -2.64. The highest BCUT2D eigenvalue weighted by atomic mass is 19.4. The van der Waals surface area contributed by atoms with Crippen LogP contribution in [0.5, 0.6) is 5.75 Å². The van der Waals surface area contributed by atoms with Crippen molar-refractivity contribution in [3.8, 4) is 5.75 Å². The summed E-state index contributed by atoms with van der Waals surface area (Å²) in [6.07, 6.45) is -4.97. The topological polar surface area (TPSA) is 72.8 Å². The van der Waals surface area contributed by atoms with Gasteiger partial charge in [0.25, 0.3) is 0 Å². The molecule has 0 fully saturated rings. The van der Waals surface area contributed by atoms with Crippen LogP contribution in [0.25, 0.3) is 0 Å². The number of carbonyl (C=O) groups excluding carboxylic acids is 1. The lowest BCUT2D eigenvalue weighted by Gasteiger charge is -2.14. The Morgan fingerprint density at radius 1 is 1.30 bits per heavy atom. The monoisotopic (exact) mass is 292 g/mol. The van der Waals surface area contributed by atoms with Crippen molar-refractivity contribution in [3.05, 3.63) is 29.3 Å². The van der Waals surface area contributed by atoms with Gasteiger partial charge in [0.2, 0.25) is 0 Å². The van der Waals surface area contributed by atoms with E-state index in [1.165, 1.54) is 0 Å². The van der Waals surface area contributed by atoms with Gasteiger partial charge in [-0.05, 0) is 18.2 Å². The molecule has 0 radical (unpaired) electrons. The van der Waals surface area contributed by atoms with E-state index in [1.807, 2.05) is 0 Å². The van der Waals surface area contributed by atoms with Crippen LogP contribution in [0.15, 0.2) is 18.2 Å². The van der Waals surface area contributed by atoms with Gasteiger partial charge in [0.1, 0.15) is 5.75 Å². The maximum atomic E-state index is 12.8. The number of rotatable bonds is 5. The molecule has 0 heterocycles. The van der Waals surface area contributed by atoms with Crippen LogP contribution in [0.4, 0.5) is 13.2 Å². The molecule has 8 heteroatoms. The second-order valence-corrected chi connectivity index (χ2v) is 3.69. The zero-order chi connectivity index (χ0) is 15.3. The van der Waals surface area contributed by atoms with Gasteiger partial charge in [-0.2, -0.15) is 13.2 Å². The van der Waals surface area contributed by atoms with Crippen molar-refractivity contribution in [3.63, 3.8) is 0 Å². The van der Waals surface area contributed by atoms with E-state index in [9.17, 15) is 22.8 Å². The summed E-state index contributed by atoms with van der Waals surface area (Å²) in [5.41, 5.74) is -1.71. The molecular weight excluding hydrogens is 281 g/mol. The van der Waals surface area contributed by atoms with Gasteiger partial charge in [-0.25, -0.2) is 4.79 Å². The van der Waals surface area contributed by atoms with Crippen LogP contribution in [-0.4, -0.2) is 30.8 Å². The van der Waals surface area contributed by atoms with Crippen molar-refractivity contribution in [2.45, 2.75) is 12.6 Å². The average Bonchev–Trinajstić information content (AvgIpc) is 2.37. The molecule has 0 aliphatic carbocycles. The molecule has 1 aromatic carbocycles. The first kappa shape index (κ1) is 15.8. The van der Waals surface area contributed by atoms with Crippen LogP contribution in [0, 0.1) is 0 Å². The second kappa shape index (κ2) is 6.27. The maximum absolute atomic E-state index is 12.8. The number of carbonyl (C=O) groups is 2. The molecule has 0 aliphatic rings. The first-order chi connectivity index (χ1) is 9.25. The molecule has 0 aliphatic heterocycles. The summed E-state index contributed by atoms with van der Waals surface area (Å²) < 4.78 is 47.5. The number of benzene rings is 1. The molecule has 1 N–H and O–H groups in total. The van der Waals surface area contributed by atoms with E-state index in [0.717, 1.165) is 19.2 Å². The van der Waals surface area contributed by atoms with Crippen LogP contribution in [0.2, 0.25) is 0 Å². The van der Waals surface area contributed by atoms with E-state index in [4.69, 9.17) is 9.84 Å². The van der Waals surface area contributed by atoms with Crippen LogP contribution in [-0.2, 0) is 15.7 Å². The number of esters is 1. The van der Waals surface area contributed by atoms with Crippen molar-refractivity contribution in [2.75, 3.05) is 13.7 Å². The number of carboxylic acids is 1. The Balaban J connectivity index is 2.95. The predicted molar refractivity (Wildman–Crippen MR) is 60.5 cm³/mol. The summed E-state index contributed by atoms with van der Waals surface area (Å²) in [7, 11) is 1.14. The fraction of sp³-hybridized carbons (Fsp3) is 0.333. The molecule has 0 bridgehead atoms. The molecule has 1 aromatic rings. The van der Waals surface area contributed by atoms with Gasteiger partial charge < -0.3 is 14.6 Å². The van der Waals surface area contributed by atoms with Crippen molar-refractivity contribution in [1.82, 2.24) is 0 Å². The van der Waals surface area contributed by atoms with Crippen LogP contribution in [0.3, 0.4) is 0 Å².